The number of carbonyl (C=O) groups excluding carboxylic acids is 2. The lowest BCUT2D eigenvalue weighted by Crippen LogP contribution is -2.47. The van der Waals surface area contributed by atoms with Crippen molar-refractivity contribution < 1.29 is 24.2 Å². The number of aromatic nitrogens is 2. The number of benzene rings is 2. The van der Waals surface area contributed by atoms with Gasteiger partial charge < -0.3 is 20.5 Å². The smallest absolute Gasteiger partial charge is 0.407 e. The second kappa shape index (κ2) is 9.38. The lowest BCUT2D eigenvalue weighted by Gasteiger charge is -2.22. The number of aromatic carboxylic acids is 1. The number of anilines is 1. The van der Waals surface area contributed by atoms with Crippen molar-refractivity contribution in [3.05, 3.63) is 71.4 Å². The van der Waals surface area contributed by atoms with E-state index in [1.54, 1.807) is 13.8 Å². The van der Waals surface area contributed by atoms with Crippen LogP contribution in [0.25, 0.3) is 11.1 Å². The van der Waals surface area contributed by atoms with Crippen molar-refractivity contribution in [1.29, 1.82) is 0 Å². The molecule has 34 heavy (non-hydrogen) atoms. The number of hydrogen-bond acceptors (Lipinski definition) is 5. The van der Waals surface area contributed by atoms with E-state index in [0.29, 0.717) is 0 Å². The molecule has 0 aliphatic heterocycles. The summed E-state index contributed by atoms with van der Waals surface area (Å²) in [5.74, 6) is -1.82. The number of carbonyl (C=O) groups is 3. The molecular formula is C25H26N4O5. The number of nitrogens with one attached hydrogen (secondary N) is 2. The average molecular weight is 463 g/mol. The molecule has 1 atom stereocenters. The zero-order chi connectivity index (χ0) is 24.4. The predicted molar refractivity (Wildman–Crippen MR) is 126 cm³/mol. The van der Waals surface area contributed by atoms with Gasteiger partial charge in [-0.15, -0.1) is 0 Å². The van der Waals surface area contributed by atoms with Gasteiger partial charge in [0.1, 0.15) is 18.5 Å². The topological polar surface area (TPSA) is 123 Å². The van der Waals surface area contributed by atoms with Crippen LogP contribution in [0.1, 0.15) is 41.4 Å². The number of nitrogens with zero attached hydrogens (tertiary/aromatic N) is 2. The summed E-state index contributed by atoms with van der Waals surface area (Å²) < 4.78 is 6.81. The Balaban J connectivity index is 1.42. The molecule has 1 unspecified atom stereocenters. The number of fused-ring (bicyclic) bond motifs is 3. The van der Waals surface area contributed by atoms with Crippen LogP contribution >= 0.6 is 0 Å². The van der Waals surface area contributed by atoms with Gasteiger partial charge in [0.05, 0.1) is 0 Å². The van der Waals surface area contributed by atoms with E-state index in [0.717, 1.165) is 22.3 Å². The van der Waals surface area contributed by atoms with Crippen molar-refractivity contribution in [3.63, 3.8) is 0 Å². The second-order valence-electron chi connectivity index (χ2n) is 8.52. The highest BCUT2D eigenvalue weighted by molar-refractivity contribution is 5.97. The Morgan fingerprint density at radius 1 is 1.06 bits per heavy atom. The average Bonchev–Trinajstić information content (AvgIpc) is 3.33. The molecule has 1 aliphatic carbocycles. The molecule has 0 spiro atoms. The number of amides is 2. The number of carboxylic acid groups (broad SMARTS) is 1. The van der Waals surface area contributed by atoms with Crippen LogP contribution in [0.4, 0.5) is 10.6 Å². The molecule has 9 nitrogen and oxygen atoms in total. The first-order valence-corrected chi connectivity index (χ1v) is 11.0. The molecule has 0 fully saturated rings. The van der Waals surface area contributed by atoms with E-state index in [-0.39, 0.29) is 30.0 Å². The van der Waals surface area contributed by atoms with Crippen molar-refractivity contribution in [3.8, 4) is 11.1 Å². The maximum Gasteiger partial charge on any atom is 0.407 e. The maximum absolute atomic E-state index is 12.8. The van der Waals surface area contributed by atoms with Crippen LogP contribution in [-0.2, 0) is 16.6 Å². The first-order valence-electron chi connectivity index (χ1n) is 11.0. The van der Waals surface area contributed by atoms with Crippen LogP contribution in [0.5, 0.6) is 0 Å². The third-order valence-electron chi connectivity index (χ3n) is 5.92. The third-order valence-corrected chi connectivity index (χ3v) is 5.92. The molecule has 0 bridgehead atoms. The SMILES string of the molecule is CC(C)C(NC(=O)OCC1c2ccccc2-c2ccccc21)C(=O)Nc1cc(C(=O)O)nn1C. The fraction of sp³-hybridized carbons (Fsp3) is 0.280. The van der Waals surface area contributed by atoms with E-state index in [9.17, 15) is 14.4 Å². The van der Waals surface area contributed by atoms with E-state index in [1.807, 2.05) is 36.4 Å². The lowest BCUT2D eigenvalue weighted by molar-refractivity contribution is -0.119. The number of aryl methyl sites for hydroxylation is 1. The summed E-state index contributed by atoms with van der Waals surface area (Å²) in [6.45, 7) is 3.72. The summed E-state index contributed by atoms with van der Waals surface area (Å²) in [5, 5.41) is 18.2. The Morgan fingerprint density at radius 2 is 1.65 bits per heavy atom. The Bertz CT molecular complexity index is 1200. The summed E-state index contributed by atoms with van der Waals surface area (Å²) in [6, 6.07) is 16.4. The first kappa shape index (κ1) is 23.0. The van der Waals surface area contributed by atoms with Gasteiger partial charge >= 0.3 is 12.1 Å². The zero-order valence-corrected chi connectivity index (χ0v) is 19.1. The van der Waals surface area contributed by atoms with E-state index < -0.39 is 24.0 Å². The molecule has 3 aromatic rings. The molecule has 1 aromatic heterocycles. The Labute approximate surface area is 196 Å². The number of hydrogen-bond donors (Lipinski definition) is 3. The summed E-state index contributed by atoms with van der Waals surface area (Å²) in [7, 11) is 1.52. The molecule has 4 rings (SSSR count). The van der Waals surface area contributed by atoms with Gasteiger partial charge in [0.2, 0.25) is 5.91 Å². The Kier molecular flexibility index (Phi) is 6.36. The van der Waals surface area contributed by atoms with Crippen LogP contribution in [-0.4, -0.2) is 45.5 Å². The van der Waals surface area contributed by atoms with Crippen molar-refractivity contribution in [1.82, 2.24) is 15.1 Å². The maximum atomic E-state index is 12.8. The van der Waals surface area contributed by atoms with E-state index in [4.69, 9.17) is 9.84 Å². The van der Waals surface area contributed by atoms with Crippen molar-refractivity contribution in [2.75, 3.05) is 11.9 Å². The molecule has 176 valence electrons. The fourth-order valence-electron chi connectivity index (χ4n) is 4.19. The van der Waals surface area contributed by atoms with Gasteiger partial charge in [-0.1, -0.05) is 62.4 Å². The van der Waals surface area contributed by atoms with Crippen molar-refractivity contribution in [2.45, 2.75) is 25.8 Å². The number of carboxylic acids is 1. The van der Waals surface area contributed by atoms with Gasteiger partial charge in [-0.3, -0.25) is 9.48 Å². The molecule has 2 amide bonds. The first-order chi connectivity index (χ1) is 16.3. The van der Waals surface area contributed by atoms with Crippen LogP contribution in [0.15, 0.2) is 54.6 Å². The van der Waals surface area contributed by atoms with Crippen molar-refractivity contribution in [2.24, 2.45) is 13.0 Å². The molecule has 3 N–H and O–H groups in total. The molecule has 2 aromatic carbocycles. The number of ether oxygens (including phenoxy) is 1. The molecule has 0 saturated carbocycles. The predicted octanol–water partition coefficient (Wildman–Crippen LogP) is 3.62. The Hall–Kier alpha value is -4.14. The highest BCUT2D eigenvalue weighted by Crippen LogP contribution is 2.44. The van der Waals surface area contributed by atoms with Crippen LogP contribution in [0, 0.1) is 5.92 Å². The quantitative estimate of drug-likeness (QED) is 0.493. The fourth-order valence-corrected chi connectivity index (χ4v) is 4.19. The van der Waals surface area contributed by atoms with Crippen molar-refractivity contribution >= 4 is 23.8 Å². The molecule has 0 saturated heterocycles. The molecular weight excluding hydrogens is 436 g/mol. The molecule has 0 radical (unpaired) electrons. The summed E-state index contributed by atoms with van der Waals surface area (Å²) in [5.41, 5.74) is 4.26. The van der Waals surface area contributed by atoms with Gasteiger partial charge in [-0.05, 0) is 28.2 Å². The number of rotatable bonds is 7. The zero-order valence-electron chi connectivity index (χ0n) is 19.1. The van der Waals surface area contributed by atoms with Gasteiger partial charge in [-0.2, -0.15) is 5.10 Å². The van der Waals surface area contributed by atoms with Gasteiger partial charge in [-0.25, -0.2) is 9.59 Å². The van der Waals surface area contributed by atoms with Crippen LogP contribution in [0.2, 0.25) is 0 Å². The monoisotopic (exact) mass is 462 g/mol. The lowest BCUT2D eigenvalue weighted by atomic mass is 9.98. The second-order valence-corrected chi connectivity index (χ2v) is 8.52. The minimum absolute atomic E-state index is 0.0895. The van der Waals surface area contributed by atoms with Gasteiger partial charge in [0.15, 0.2) is 5.69 Å². The number of alkyl carbamates (subject to hydrolysis) is 1. The molecule has 1 aliphatic rings. The summed E-state index contributed by atoms with van der Waals surface area (Å²) >= 11 is 0. The normalized spacial score (nSPS) is 13.2. The molecule has 9 heteroatoms. The van der Waals surface area contributed by atoms with E-state index in [2.05, 4.69) is 27.9 Å². The van der Waals surface area contributed by atoms with Crippen LogP contribution in [0.3, 0.4) is 0 Å². The summed E-state index contributed by atoms with van der Waals surface area (Å²) in [6.07, 6.45) is -0.702. The van der Waals surface area contributed by atoms with Gasteiger partial charge in [0, 0.05) is 19.0 Å². The highest BCUT2D eigenvalue weighted by Gasteiger charge is 2.30. The summed E-state index contributed by atoms with van der Waals surface area (Å²) in [4.78, 5) is 36.6. The molecule has 1 heterocycles. The minimum atomic E-state index is -1.20. The van der Waals surface area contributed by atoms with Gasteiger partial charge in [0.25, 0.3) is 0 Å². The van der Waals surface area contributed by atoms with E-state index >= 15 is 0 Å². The Morgan fingerprint density at radius 3 is 2.18 bits per heavy atom. The minimum Gasteiger partial charge on any atom is -0.476 e. The largest absolute Gasteiger partial charge is 0.476 e. The van der Waals surface area contributed by atoms with Crippen LogP contribution < -0.4 is 10.6 Å². The van der Waals surface area contributed by atoms with E-state index in [1.165, 1.54) is 17.8 Å². The standard InChI is InChI=1S/C25H26N4O5/c1-14(2)22(23(30)26-21-12-20(24(31)32)28-29(21)3)27-25(33)34-13-19-17-10-6-4-8-15(17)16-9-5-7-11-18(16)19/h4-12,14,19,22H,13H2,1-3H3,(H,26,30)(H,27,33)(H,31,32). The highest BCUT2D eigenvalue weighted by atomic mass is 16.5. The third kappa shape index (κ3) is 4.50.